The van der Waals surface area contributed by atoms with E-state index in [1.54, 1.807) is 24.3 Å². The van der Waals surface area contributed by atoms with Crippen molar-refractivity contribution in [2.75, 3.05) is 13.2 Å². The second-order valence-electron chi connectivity index (χ2n) is 8.14. The highest BCUT2D eigenvalue weighted by Crippen LogP contribution is 2.19. The topological polar surface area (TPSA) is 73.2 Å². The monoisotopic (exact) mass is 453 g/mol. The number of ketones is 1. The number of hydrogen-bond acceptors (Lipinski definition) is 4. The van der Waals surface area contributed by atoms with E-state index < -0.39 is 0 Å². The first-order chi connectivity index (χ1) is 15.6. The van der Waals surface area contributed by atoms with Gasteiger partial charge in [0.1, 0.15) is 11.9 Å². The summed E-state index contributed by atoms with van der Waals surface area (Å²) < 4.78 is 7.42. The van der Waals surface area contributed by atoms with E-state index in [-0.39, 0.29) is 24.3 Å². The summed E-state index contributed by atoms with van der Waals surface area (Å²) in [4.78, 5) is 29.6. The number of benzene rings is 2. The summed E-state index contributed by atoms with van der Waals surface area (Å²) in [6.45, 7) is 1.58. The van der Waals surface area contributed by atoms with Crippen molar-refractivity contribution in [2.24, 2.45) is 0 Å². The number of aryl methyl sites for hydroxylation is 1. The van der Waals surface area contributed by atoms with Crippen LogP contribution in [0.5, 0.6) is 0 Å². The molecule has 4 rings (SSSR count). The van der Waals surface area contributed by atoms with Crippen molar-refractivity contribution in [3.05, 3.63) is 64.9 Å². The van der Waals surface area contributed by atoms with Gasteiger partial charge in [-0.3, -0.25) is 9.59 Å². The van der Waals surface area contributed by atoms with Crippen LogP contribution >= 0.6 is 11.6 Å². The van der Waals surface area contributed by atoms with Crippen LogP contribution in [0.1, 0.15) is 48.3 Å². The van der Waals surface area contributed by atoms with Gasteiger partial charge in [0.2, 0.25) is 5.91 Å². The van der Waals surface area contributed by atoms with Gasteiger partial charge in [0.15, 0.2) is 5.78 Å². The molecule has 1 aliphatic rings. The Morgan fingerprint density at radius 1 is 1.09 bits per heavy atom. The molecular weight excluding hydrogens is 426 g/mol. The van der Waals surface area contributed by atoms with Crippen molar-refractivity contribution >= 4 is 34.3 Å². The van der Waals surface area contributed by atoms with E-state index in [9.17, 15) is 9.59 Å². The zero-order valence-corrected chi connectivity index (χ0v) is 18.8. The molecule has 0 saturated carbocycles. The summed E-state index contributed by atoms with van der Waals surface area (Å²) in [5, 5.41) is 3.58. The first-order valence-electron chi connectivity index (χ1n) is 11.2. The van der Waals surface area contributed by atoms with Gasteiger partial charge in [-0.1, -0.05) is 30.2 Å². The van der Waals surface area contributed by atoms with Crippen LogP contribution in [0.15, 0.2) is 48.5 Å². The van der Waals surface area contributed by atoms with Crippen LogP contribution in [0, 0.1) is 0 Å². The lowest BCUT2D eigenvalue weighted by atomic mass is 10.1. The zero-order chi connectivity index (χ0) is 22.3. The number of rotatable bonds is 10. The number of halogens is 1. The van der Waals surface area contributed by atoms with E-state index in [1.807, 2.05) is 28.8 Å². The number of imidazole rings is 1. The molecule has 1 saturated heterocycles. The van der Waals surface area contributed by atoms with Crippen molar-refractivity contribution in [2.45, 2.75) is 51.2 Å². The molecule has 0 aliphatic carbocycles. The summed E-state index contributed by atoms with van der Waals surface area (Å²) in [7, 11) is 0. The molecule has 1 fully saturated rings. The molecule has 1 atom stereocenters. The largest absolute Gasteiger partial charge is 0.368 e. The van der Waals surface area contributed by atoms with Gasteiger partial charge < -0.3 is 14.6 Å². The van der Waals surface area contributed by atoms with E-state index in [2.05, 4.69) is 5.32 Å². The predicted octanol–water partition coefficient (Wildman–Crippen LogP) is 4.58. The summed E-state index contributed by atoms with van der Waals surface area (Å²) in [6, 6.07) is 14.9. The Kier molecular flexibility index (Phi) is 7.55. The molecule has 6 nitrogen and oxygen atoms in total. The molecule has 1 unspecified atom stereocenters. The van der Waals surface area contributed by atoms with Gasteiger partial charge in [0.05, 0.1) is 17.6 Å². The van der Waals surface area contributed by atoms with Crippen molar-refractivity contribution in [3.63, 3.8) is 0 Å². The van der Waals surface area contributed by atoms with E-state index in [1.165, 1.54) is 0 Å². The van der Waals surface area contributed by atoms with Crippen LogP contribution < -0.4 is 5.32 Å². The number of ether oxygens (including phenoxy) is 1. The zero-order valence-electron chi connectivity index (χ0n) is 18.1. The molecular formula is C25H28ClN3O3. The number of carbonyl (C=O) groups excluding carboxylic acids is 2. The van der Waals surface area contributed by atoms with E-state index in [0.717, 1.165) is 55.4 Å². The molecule has 0 spiro atoms. The van der Waals surface area contributed by atoms with Crippen LogP contribution in [0.2, 0.25) is 5.02 Å². The first-order valence-corrected chi connectivity index (χ1v) is 11.6. The Balaban J connectivity index is 1.33. The Labute approximate surface area is 192 Å². The number of nitrogens with zero attached hydrogens (tertiary/aromatic N) is 2. The third-order valence-corrected chi connectivity index (χ3v) is 6.05. The number of nitrogens with one attached hydrogen (secondary N) is 1. The van der Waals surface area contributed by atoms with Crippen LogP contribution in [-0.4, -0.2) is 40.5 Å². The summed E-state index contributed by atoms with van der Waals surface area (Å²) >= 11 is 5.95. The van der Waals surface area contributed by atoms with Crippen molar-refractivity contribution in [1.29, 1.82) is 0 Å². The number of amides is 1. The summed E-state index contributed by atoms with van der Waals surface area (Å²) in [6.07, 6.45) is 5.10. The molecule has 1 N–H and O–H groups in total. The van der Waals surface area contributed by atoms with E-state index in [0.29, 0.717) is 23.7 Å². The number of aromatic nitrogens is 2. The third-order valence-electron chi connectivity index (χ3n) is 5.80. The minimum atomic E-state index is -0.270. The van der Waals surface area contributed by atoms with Gasteiger partial charge in [0.25, 0.3) is 0 Å². The minimum Gasteiger partial charge on any atom is -0.368 e. The van der Waals surface area contributed by atoms with Crippen LogP contribution in [0.25, 0.3) is 11.0 Å². The van der Waals surface area contributed by atoms with Crippen molar-refractivity contribution in [1.82, 2.24) is 14.9 Å². The molecule has 7 heteroatoms. The smallest absolute Gasteiger partial charge is 0.249 e. The molecule has 1 aromatic heterocycles. The molecule has 32 heavy (non-hydrogen) atoms. The average molecular weight is 454 g/mol. The van der Waals surface area contributed by atoms with Gasteiger partial charge in [0, 0.05) is 30.2 Å². The fraction of sp³-hybridized carbons (Fsp3) is 0.400. The highest BCUT2D eigenvalue weighted by Gasteiger charge is 2.22. The minimum absolute atomic E-state index is 0.00463. The maximum Gasteiger partial charge on any atom is 0.249 e. The highest BCUT2D eigenvalue weighted by molar-refractivity contribution is 6.30. The Morgan fingerprint density at radius 2 is 1.91 bits per heavy atom. The number of para-hydroxylation sites is 2. The standard InChI is InChI=1S/C25H28ClN3O3/c26-19-13-11-18(12-14-19)22(30)17-29-21-8-4-3-7-20(21)28-24(29)10-2-1-5-15-27-25(31)23-9-6-16-32-23/h3-4,7-8,11-14,23H,1-2,5-6,9-10,15-17H2,(H,27,31). The van der Waals surface area contributed by atoms with E-state index in [4.69, 9.17) is 21.3 Å². The molecule has 2 heterocycles. The normalized spacial score (nSPS) is 15.8. The lowest BCUT2D eigenvalue weighted by Gasteiger charge is -2.11. The number of fused-ring (bicyclic) bond motifs is 1. The van der Waals surface area contributed by atoms with Gasteiger partial charge in [-0.25, -0.2) is 4.98 Å². The van der Waals surface area contributed by atoms with Crippen LogP contribution in [0.3, 0.4) is 0 Å². The van der Waals surface area contributed by atoms with Gasteiger partial charge in [-0.05, 0) is 62.1 Å². The maximum absolute atomic E-state index is 12.9. The second-order valence-corrected chi connectivity index (χ2v) is 8.57. The van der Waals surface area contributed by atoms with Crippen molar-refractivity contribution in [3.8, 4) is 0 Å². The Morgan fingerprint density at radius 3 is 2.69 bits per heavy atom. The molecule has 0 bridgehead atoms. The fourth-order valence-electron chi connectivity index (χ4n) is 4.06. The Bertz CT molecular complexity index is 1070. The molecule has 0 radical (unpaired) electrons. The highest BCUT2D eigenvalue weighted by atomic mass is 35.5. The summed E-state index contributed by atoms with van der Waals surface area (Å²) in [5.41, 5.74) is 2.50. The maximum atomic E-state index is 12.9. The average Bonchev–Trinajstić information content (AvgIpc) is 3.45. The molecule has 1 amide bonds. The molecule has 3 aromatic rings. The van der Waals surface area contributed by atoms with Gasteiger partial charge in [-0.2, -0.15) is 0 Å². The number of Topliss-reactive ketones (excluding diaryl/α,β-unsaturated/α-hetero) is 1. The lowest BCUT2D eigenvalue weighted by Crippen LogP contribution is -2.34. The third kappa shape index (κ3) is 5.56. The first kappa shape index (κ1) is 22.5. The fourth-order valence-corrected chi connectivity index (χ4v) is 4.18. The number of carbonyl (C=O) groups is 2. The molecule has 1 aliphatic heterocycles. The van der Waals surface area contributed by atoms with Crippen molar-refractivity contribution < 1.29 is 14.3 Å². The predicted molar refractivity (Wildman–Crippen MR) is 125 cm³/mol. The van der Waals surface area contributed by atoms with Gasteiger partial charge >= 0.3 is 0 Å². The van der Waals surface area contributed by atoms with Gasteiger partial charge in [-0.15, -0.1) is 0 Å². The lowest BCUT2D eigenvalue weighted by molar-refractivity contribution is -0.130. The molecule has 168 valence electrons. The molecule has 2 aromatic carbocycles. The van der Waals surface area contributed by atoms with Crippen LogP contribution in [0.4, 0.5) is 0 Å². The van der Waals surface area contributed by atoms with Crippen LogP contribution in [-0.2, 0) is 22.5 Å². The second kappa shape index (κ2) is 10.7. The SMILES string of the molecule is O=C(Cn1c(CCCCCNC(=O)C2CCCO2)nc2ccccc21)c1ccc(Cl)cc1. The quantitative estimate of drug-likeness (QED) is 0.360. The van der Waals surface area contributed by atoms with E-state index >= 15 is 0 Å². The Hall–Kier alpha value is -2.70. The number of hydrogen-bond donors (Lipinski definition) is 1. The summed E-state index contributed by atoms with van der Waals surface area (Å²) in [5.74, 6) is 0.949. The number of unbranched alkanes of at least 4 members (excludes halogenated alkanes) is 2.